The second kappa shape index (κ2) is 5.72. The van der Waals surface area contributed by atoms with Crippen molar-refractivity contribution in [1.82, 2.24) is 4.98 Å². The number of nitrogens with zero attached hydrogens (tertiary/aromatic N) is 3. The minimum atomic E-state index is -0.0547. The highest BCUT2D eigenvalue weighted by Crippen LogP contribution is 2.22. The van der Waals surface area contributed by atoms with Crippen molar-refractivity contribution in [3.63, 3.8) is 0 Å². The van der Waals surface area contributed by atoms with Crippen molar-refractivity contribution < 1.29 is 5.21 Å². The van der Waals surface area contributed by atoms with Crippen LogP contribution in [0.3, 0.4) is 0 Å². The number of likely N-dealkylation sites (N-methyl/N-ethyl adjacent to an activating group) is 1. The third kappa shape index (κ3) is 2.87. The van der Waals surface area contributed by atoms with Crippen molar-refractivity contribution >= 4 is 34.2 Å². The third-order valence-corrected chi connectivity index (χ3v) is 2.39. The fourth-order valence-corrected chi connectivity index (χ4v) is 1.52. The van der Waals surface area contributed by atoms with Gasteiger partial charge in [0, 0.05) is 19.8 Å². The Bertz CT molecular complexity index is 421. The predicted molar refractivity (Wildman–Crippen MR) is 66.9 cm³/mol. The number of rotatable bonds is 4. The molecule has 0 bridgehead atoms. The van der Waals surface area contributed by atoms with Gasteiger partial charge < -0.3 is 10.1 Å². The molecule has 0 amide bonds. The van der Waals surface area contributed by atoms with Gasteiger partial charge in [-0.2, -0.15) is 0 Å². The summed E-state index contributed by atoms with van der Waals surface area (Å²) in [6, 6.07) is 1.59. The van der Waals surface area contributed by atoms with Gasteiger partial charge in [0.2, 0.25) is 0 Å². The maximum Gasteiger partial charge on any atom is 0.179 e. The van der Waals surface area contributed by atoms with E-state index in [0.29, 0.717) is 22.9 Å². The number of hydrogen-bond donors (Lipinski definition) is 1. The summed E-state index contributed by atoms with van der Waals surface area (Å²) in [5.74, 6) is 0.576. The summed E-state index contributed by atoms with van der Waals surface area (Å²) >= 11 is 11.6. The Labute approximate surface area is 104 Å². The normalized spacial score (nSPS) is 11.3. The van der Waals surface area contributed by atoms with Gasteiger partial charge in [0.25, 0.3) is 0 Å². The van der Waals surface area contributed by atoms with E-state index in [2.05, 4.69) is 16.7 Å². The number of anilines is 1. The van der Waals surface area contributed by atoms with E-state index in [-0.39, 0.29) is 5.17 Å². The van der Waals surface area contributed by atoms with Gasteiger partial charge in [-0.1, -0.05) is 34.4 Å². The summed E-state index contributed by atoms with van der Waals surface area (Å²) in [7, 11) is 1.82. The molecule has 1 rings (SSSR count). The van der Waals surface area contributed by atoms with E-state index in [4.69, 9.17) is 28.4 Å². The van der Waals surface area contributed by atoms with Gasteiger partial charge in [-0.05, 0) is 6.07 Å². The Hall–Kier alpha value is -1.26. The first-order valence-corrected chi connectivity index (χ1v) is 5.21. The topological polar surface area (TPSA) is 48.7 Å². The average Bonchev–Trinajstić information content (AvgIpc) is 2.28. The van der Waals surface area contributed by atoms with E-state index in [1.54, 1.807) is 12.1 Å². The molecule has 0 spiro atoms. The first-order valence-electron chi connectivity index (χ1n) is 4.45. The molecular formula is C10H11Cl2N3O. The molecule has 0 aliphatic rings. The fraction of sp³-hybridized carbons (Fsp3) is 0.200. The van der Waals surface area contributed by atoms with Gasteiger partial charge in [0.05, 0.1) is 10.6 Å². The average molecular weight is 260 g/mol. The van der Waals surface area contributed by atoms with Gasteiger partial charge in [-0.3, -0.25) is 0 Å². The van der Waals surface area contributed by atoms with Crippen LogP contribution in [-0.4, -0.2) is 29.0 Å². The molecule has 0 aliphatic heterocycles. The highest BCUT2D eigenvalue weighted by Gasteiger charge is 2.13. The van der Waals surface area contributed by atoms with E-state index < -0.39 is 0 Å². The molecule has 6 heteroatoms. The molecule has 16 heavy (non-hydrogen) atoms. The zero-order valence-electron chi connectivity index (χ0n) is 8.69. The number of halogens is 2. The fourth-order valence-electron chi connectivity index (χ4n) is 1.22. The quantitative estimate of drug-likeness (QED) is 0.392. The van der Waals surface area contributed by atoms with Gasteiger partial charge in [-0.15, -0.1) is 6.58 Å². The second-order valence-electron chi connectivity index (χ2n) is 3.08. The molecule has 1 N–H and O–H groups in total. The van der Waals surface area contributed by atoms with Gasteiger partial charge >= 0.3 is 0 Å². The van der Waals surface area contributed by atoms with Crippen LogP contribution in [0.5, 0.6) is 0 Å². The Balaban J connectivity index is 3.22. The monoisotopic (exact) mass is 259 g/mol. The Morgan fingerprint density at radius 1 is 1.75 bits per heavy atom. The van der Waals surface area contributed by atoms with Crippen molar-refractivity contribution in [2.24, 2.45) is 5.16 Å². The Morgan fingerprint density at radius 2 is 2.44 bits per heavy atom. The highest BCUT2D eigenvalue weighted by atomic mass is 35.5. The van der Waals surface area contributed by atoms with E-state index in [9.17, 15) is 0 Å². The first kappa shape index (κ1) is 12.8. The molecule has 0 unspecified atom stereocenters. The molecule has 0 saturated carbocycles. The second-order valence-corrected chi connectivity index (χ2v) is 3.88. The SMILES string of the molecule is C=CCN(C)c1ncc(Cl)cc1/C(Cl)=N\O. The van der Waals surface area contributed by atoms with Crippen LogP contribution in [0.25, 0.3) is 0 Å². The Kier molecular flexibility index (Phi) is 4.58. The number of pyridine rings is 1. The van der Waals surface area contributed by atoms with E-state index in [1.807, 2.05) is 11.9 Å². The lowest BCUT2D eigenvalue weighted by atomic mass is 10.2. The molecule has 4 nitrogen and oxygen atoms in total. The van der Waals surface area contributed by atoms with Crippen LogP contribution in [-0.2, 0) is 0 Å². The van der Waals surface area contributed by atoms with Crippen LogP contribution in [0.2, 0.25) is 5.02 Å². The summed E-state index contributed by atoms with van der Waals surface area (Å²) < 4.78 is 0. The van der Waals surface area contributed by atoms with Crippen LogP contribution >= 0.6 is 23.2 Å². The molecule has 1 aromatic heterocycles. The summed E-state index contributed by atoms with van der Waals surface area (Å²) in [5, 5.41) is 12.0. The standard InChI is InChI=1S/C10H11Cl2N3O/c1-3-4-15(2)10-8(9(12)14-16)5-7(11)6-13-10/h3,5-6,16H,1,4H2,2H3/b14-9+. The van der Waals surface area contributed by atoms with Crippen molar-refractivity contribution in [3.8, 4) is 0 Å². The maximum atomic E-state index is 8.66. The molecule has 1 heterocycles. The summed E-state index contributed by atoms with van der Waals surface area (Å²) in [5.41, 5.74) is 0.473. The van der Waals surface area contributed by atoms with Crippen molar-refractivity contribution in [1.29, 1.82) is 0 Å². The summed E-state index contributed by atoms with van der Waals surface area (Å²) in [6.45, 7) is 4.22. The van der Waals surface area contributed by atoms with Crippen LogP contribution in [0, 0.1) is 0 Å². The smallest absolute Gasteiger partial charge is 0.179 e. The lowest BCUT2D eigenvalue weighted by Gasteiger charge is -2.18. The molecule has 86 valence electrons. The number of aromatic nitrogens is 1. The van der Waals surface area contributed by atoms with Gasteiger partial charge in [0.15, 0.2) is 5.17 Å². The number of oxime groups is 1. The zero-order valence-corrected chi connectivity index (χ0v) is 10.2. The van der Waals surface area contributed by atoms with Crippen molar-refractivity contribution in [2.45, 2.75) is 0 Å². The van der Waals surface area contributed by atoms with Crippen LogP contribution in [0.1, 0.15) is 5.56 Å². The lowest BCUT2D eigenvalue weighted by Crippen LogP contribution is -2.20. The van der Waals surface area contributed by atoms with Crippen LogP contribution in [0.4, 0.5) is 5.82 Å². The Morgan fingerprint density at radius 3 is 3.00 bits per heavy atom. The largest absolute Gasteiger partial charge is 0.410 e. The third-order valence-electron chi connectivity index (χ3n) is 1.91. The van der Waals surface area contributed by atoms with Crippen LogP contribution in [0.15, 0.2) is 30.1 Å². The van der Waals surface area contributed by atoms with E-state index in [0.717, 1.165) is 0 Å². The molecule has 0 saturated heterocycles. The molecular weight excluding hydrogens is 249 g/mol. The zero-order chi connectivity index (χ0) is 12.1. The van der Waals surface area contributed by atoms with Crippen LogP contribution < -0.4 is 4.90 Å². The van der Waals surface area contributed by atoms with Gasteiger partial charge in [0.1, 0.15) is 5.82 Å². The molecule has 0 aliphatic carbocycles. The molecule has 0 atom stereocenters. The molecule has 0 radical (unpaired) electrons. The highest BCUT2D eigenvalue weighted by molar-refractivity contribution is 6.70. The molecule has 1 aromatic rings. The minimum absolute atomic E-state index is 0.0547. The van der Waals surface area contributed by atoms with Crippen molar-refractivity contribution in [2.75, 3.05) is 18.5 Å². The molecule has 0 fully saturated rings. The first-order chi connectivity index (χ1) is 7.60. The summed E-state index contributed by atoms with van der Waals surface area (Å²) in [4.78, 5) is 5.95. The number of hydrogen-bond acceptors (Lipinski definition) is 4. The summed E-state index contributed by atoms with van der Waals surface area (Å²) in [6.07, 6.45) is 3.23. The maximum absolute atomic E-state index is 8.66. The minimum Gasteiger partial charge on any atom is -0.410 e. The molecule has 0 aromatic carbocycles. The van der Waals surface area contributed by atoms with E-state index in [1.165, 1.54) is 6.20 Å². The lowest BCUT2D eigenvalue weighted by molar-refractivity contribution is 0.321. The predicted octanol–water partition coefficient (Wildman–Crippen LogP) is 2.73. The van der Waals surface area contributed by atoms with E-state index >= 15 is 0 Å². The van der Waals surface area contributed by atoms with Gasteiger partial charge in [-0.25, -0.2) is 4.98 Å². The van der Waals surface area contributed by atoms with Crippen molar-refractivity contribution in [3.05, 3.63) is 35.5 Å².